The SMILES string of the molecule is CCCC/C=C(/[Te]c1ccccc1)c1ccccc1. The first-order valence-corrected chi connectivity index (χ1v) is 9.21. The van der Waals surface area contributed by atoms with E-state index in [-0.39, 0.29) is 20.9 Å². The maximum absolute atomic E-state index is 2.47. The van der Waals surface area contributed by atoms with Crippen molar-refractivity contribution in [1.29, 1.82) is 0 Å². The van der Waals surface area contributed by atoms with Crippen LogP contribution in [0.15, 0.2) is 66.7 Å². The molecule has 0 bridgehead atoms. The monoisotopic (exact) mass is 366 g/mol. The minimum absolute atomic E-state index is 0.274. The number of hydrogen-bond donors (Lipinski definition) is 0. The molecule has 0 aliphatic carbocycles. The molecule has 0 aromatic heterocycles. The third-order valence-corrected chi connectivity index (χ3v) is 6.14. The Balaban J connectivity index is 2.17. The molecule has 0 atom stereocenters. The van der Waals surface area contributed by atoms with E-state index < -0.39 is 0 Å². The van der Waals surface area contributed by atoms with E-state index in [1.807, 2.05) is 0 Å². The number of benzene rings is 2. The summed E-state index contributed by atoms with van der Waals surface area (Å²) in [6.07, 6.45) is 6.23. The van der Waals surface area contributed by atoms with E-state index in [2.05, 4.69) is 73.7 Å². The molecular weight excluding hydrogens is 344 g/mol. The zero-order valence-corrected chi connectivity index (χ0v) is 13.7. The van der Waals surface area contributed by atoms with Gasteiger partial charge in [-0.15, -0.1) is 0 Å². The summed E-state index contributed by atoms with van der Waals surface area (Å²) in [4.78, 5) is 0. The van der Waals surface area contributed by atoms with Crippen LogP contribution in [0.4, 0.5) is 0 Å². The Morgan fingerprint density at radius 2 is 1.58 bits per heavy atom. The Bertz CT molecular complexity index is 500. The summed E-state index contributed by atoms with van der Waals surface area (Å²) in [5.74, 6) is 0. The molecule has 1 heteroatoms. The van der Waals surface area contributed by atoms with Crippen LogP contribution in [-0.4, -0.2) is 20.9 Å². The molecule has 0 unspecified atom stereocenters. The number of unbranched alkanes of at least 4 members (excludes halogenated alkanes) is 2. The fourth-order valence-corrected chi connectivity index (χ4v) is 4.73. The zero-order chi connectivity index (χ0) is 13.3. The average molecular weight is 364 g/mol. The third kappa shape index (κ3) is 4.86. The van der Waals surface area contributed by atoms with Gasteiger partial charge in [0.15, 0.2) is 0 Å². The first-order valence-electron chi connectivity index (χ1n) is 6.88. The van der Waals surface area contributed by atoms with Crippen LogP contribution in [0, 0.1) is 0 Å². The van der Waals surface area contributed by atoms with Crippen molar-refractivity contribution in [1.82, 2.24) is 0 Å². The van der Waals surface area contributed by atoms with Gasteiger partial charge >= 0.3 is 127 Å². The van der Waals surface area contributed by atoms with Gasteiger partial charge in [-0.1, -0.05) is 0 Å². The van der Waals surface area contributed by atoms with Gasteiger partial charge < -0.3 is 0 Å². The Morgan fingerprint density at radius 1 is 0.947 bits per heavy atom. The summed E-state index contributed by atoms with van der Waals surface area (Å²) >= 11 is -0.274. The first kappa shape index (κ1) is 14.4. The molecule has 0 saturated heterocycles. The van der Waals surface area contributed by atoms with Crippen LogP contribution < -0.4 is 3.61 Å². The van der Waals surface area contributed by atoms with Crippen LogP contribution in [0.5, 0.6) is 0 Å². The first-order chi connectivity index (χ1) is 9.40. The van der Waals surface area contributed by atoms with Crippen LogP contribution in [0.1, 0.15) is 31.7 Å². The molecule has 0 heterocycles. The van der Waals surface area contributed by atoms with Gasteiger partial charge in [-0.05, 0) is 0 Å². The average Bonchev–Trinajstić information content (AvgIpc) is 2.48. The van der Waals surface area contributed by atoms with Crippen LogP contribution in [0.3, 0.4) is 0 Å². The molecule has 0 fully saturated rings. The Kier molecular flexibility index (Phi) is 6.21. The molecule has 0 spiro atoms. The summed E-state index contributed by atoms with van der Waals surface area (Å²) in [6, 6.07) is 21.8. The fraction of sp³-hybridized carbons (Fsp3) is 0.222. The van der Waals surface area contributed by atoms with E-state index >= 15 is 0 Å². The molecule has 0 amide bonds. The molecule has 98 valence electrons. The van der Waals surface area contributed by atoms with Crippen molar-refractivity contribution in [2.45, 2.75) is 26.2 Å². The quantitative estimate of drug-likeness (QED) is 0.531. The molecular formula is C18H20Te. The molecule has 0 saturated carbocycles. The molecule has 0 N–H and O–H groups in total. The van der Waals surface area contributed by atoms with E-state index in [0.29, 0.717) is 0 Å². The number of rotatable bonds is 6. The van der Waals surface area contributed by atoms with E-state index in [9.17, 15) is 0 Å². The van der Waals surface area contributed by atoms with Gasteiger partial charge in [0.1, 0.15) is 0 Å². The number of hydrogen-bond acceptors (Lipinski definition) is 0. The normalized spacial score (nSPS) is 11.5. The van der Waals surface area contributed by atoms with Gasteiger partial charge in [-0.3, -0.25) is 0 Å². The van der Waals surface area contributed by atoms with Crippen LogP contribution >= 0.6 is 0 Å². The van der Waals surface area contributed by atoms with Gasteiger partial charge in [-0.2, -0.15) is 0 Å². The van der Waals surface area contributed by atoms with Crippen LogP contribution in [0.25, 0.3) is 3.62 Å². The predicted molar refractivity (Wildman–Crippen MR) is 85.8 cm³/mol. The van der Waals surface area contributed by atoms with E-state index in [1.54, 1.807) is 3.62 Å². The van der Waals surface area contributed by atoms with E-state index in [1.165, 1.54) is 28.4 Å². The Morgan fingerprint density at radius 3 is 2.21 bits per heavy atom. The van der Waals surface area contributed by atoms with Gasteiger partial charge in [0.05, 0.1) is 0 Å². The summed E-state index contributed by atoms with van der Waals surface area (Å²) in [6.45, 7) is 2.25. The van der Waals surface area contributed by atoms with Gasteiger partial charge in [0, 0.05) is 0 Å². The second-order valence-electron chi connectivity index (χ2n) is 4.49. The van der Waals surface area contributed by atoms with E-state index in [0.717, 1.165) is 0 Å². The molecule has 19 heavy (non-hydrogen) atoms. The van der Waals surface area contributed by atoms with E-state index in [4.69, 9.17) is 0 Å². The van der Waals surface area contributed by atoms with Crippen LogP contribution in [-0.2, 0) is 0 Å². The van der Waals surface area contributed by atoms with Crippen molar-refractivity contribution in [3.63, 3.8) is 0 Å². The van der Waals surface area contributed by atoms with Crippen molar-refractivity contribution in [3.8, 4) is 0 Å². The van der Waals surface area contributed by atoms with Crippen LogP contribution in [0.2, 0.25) is 0 Å². The fourth-order valence-electron chi connectivity index (χ4n) is 1.87. The molecule has 2 rings (SSSR count). The Hall–Kier alpha value is -1.03. The van der Waals surface area contributed by atoms with Crippen molar-refractivity contribution >= 4 is 28.2 Å². The molecule has 0 aliphatic heterocycles. The third-order valence-electron chi connectivity index (χ3n) is 2.92. The molecule has 0 nitrogen and oxygen atoms in total. The standard InChI is InChI=1S/C18H20Te/c1-2-3-6-15-18(16-11-7-4-8-12-16)19-17-13-9-5-10-14-17/h4-5,7-15H,2-3,6H2,1H3/b18-15+. The molecule has 0 radical (unpaired) electrons. The second-order valence-corrected chi connectivity index (χ2v) is 7.68. The van der Waals surface area contributed by atoms with Gasteiger partial charge in [-0.25, -0.2) is 0 Å². The second kappa shape index (κ2) is 8.20. The van der Waals surface area contributed by atoms with Crippen molar-refractivity contribution in [3.05, 3.63) is 72.3 Å². The molecule has 2 aromatic rings. The topological polar surface area (TPSA) is 0 Å². The van der Waals surface area contributed by atoms with Gasteiger partial charge in [0.2, 0.25) is 0 Å². The summed E-state index contributed by atoms with van der Waals surface area (Å²) in [7, 11) is 0. The zero-order valence-electron chi connectivity index (χ0n) is 11.4. The predicted octanol–water partition coefficient (Wildman–Crippen LogP) is 4.25. The summed E-state index contributed by atoms with van der Waals surface area (Å²) < 4.78 is 3.09. The van der Waals surface area contributed by atoms with Crippen molar-refractivity contribution in [2.75, 3.05) is 0 Å². The molecule has 0 aliphatic rings. The summed E-state index contributed by atoms with van der Waals surface area (Å²) in [5, 5.41) is 0. The summed E-state index contributed by atoms with van der Waals surface area (Å²) in [5.41, 5.74) is 1.41. The minimum atomic E-state index is -0.274. The maximum atomic E-state index is 2.47. The molecule has 2 aromatic carbocycles. The van der Waals surface area contributed by atoms with Crippen molar-refractivity contribution in [2.24, 2.45) is 0 Å². The number of allylic oxidation sites excluding steroid dienone is 1. The van der Waals surface area contributed by atoms with Crippen molar-refractivity contribution < 1.29 is 0 Å². The van der Waals surface area contributed by atoms with Gasteiger partial charge in [0.25, 0.3) is 0 Å². The Labute approximate surface area is 126 Å².